The number of hydrogen-bond acceptors (Lipinski definition) is 5. The number of rotatable bonds is 2. The Balaban J connectivity index is 2.09. The topological polar surface area (TPSA) is 59.2 Å². The molecule has 1 aromatic rings. The number of aromatic nitrogens is 4. The van der Waals surface area contributed by atoms with Gasteiger partial charge < -0.3 is 0 Å². The van der Waals surface area contributed by atoms with Gasteiger partial charge in [-0.1, -0.05) is 13.8 Å². The Morgan fingerprint density at radius 1 is 1.33 bits per heavy atom. The van der Waals surface area contributed by atoms with E-state index >= 15 is 0 Å². The van der Waals surface area contributed by atoms with Crippen molar-refractivity contribution in [2.45, 2.75) is 71.5 Å². The third kappa shape index (κ3) is 2.73. The van der Waals surface area contributed by atoms with Gasteiger partial charge in [-0.25, -0.2) is 0 Å². The molecule has 6 heteroatoms. The van der Waals surface area contributed by atoms with Gasteiger partial charge in [-0.15, -0.1) is 5.10 Å². The first-order valence-electron chi connectivity index (χ1n) is 8.01. The highest BCUT2D eigenvalue weighted by atomic mass is 15.6. The number of hydrogen-bond donors (Lipinski definition) is 0. The van der Waals surface area contributed by atoms with Gasteiger partial charge in [-0.3, -0.25) is 9.89 Å². The molecule has 0 unspecified atom stereocenters. The van der Waals surface area contributed by atoms with E-state index < -0.39 is 0 Å². The molecule has 0 radical (unpaired) electrons. The van der Waals surface area contributed by atoms with Crippen LogP contribution in [0.3, 0.4) is 0 Å². The summed E-state index contributed by atoms with van der Waals surface area (Å²) < 4.78 is 1.91. The molecular weight excluding hydrogens is 264 g/mol. The average molecular weight is 290 g/mol. The smallest absolute Gasteiger partial charge is 0.175 e. The lowest BCUT2D eigenvalue weighted by molar-refractivity contribution is 0.177. The lowest BCUT2D eigenvalue weighted by atomic mass is 9.97. The van der Waals surface area contributed by atoms with Crippen LogP contribution in [0.25, 0.3) is 0 Å². The second-order valence-electron chi connectivity index (χ2n) is 7.63. The molecule has 3 heterocycles. The van der Waals surface area contributed by atoms with Crippen LogP contribution in [0.5, 0.6) is 0 Å². The van der Waals surface area contributed by atoms with Crippen LogP contribution in [0.4, 0.5) is 0 Å². The molecule has 21 heavy (non-hydrogen) atoms. The van der Waals surface area contributed by atoms with Crippen LogP contribution in [-0.2, 0) is 0 Å². The maximum atomic E-state index is 4.97. The Labute approximate surface area is 126 Å². The lowest BCUT2D eigenvalue weighted by Gasteiger charge is -2.39. The van der Waals surface area contributed by atoms with Gasteiger partial charge in [0.15, 0.2) is 5.82 Å². The Hall–Kier alpha value is -1.30. The highest BCUT2D eigenvalue weighted by molar-refractivity contribution is 5.90. The summed E-state index contributed by atoms with van der Waals surface area (Å²) in [4.78, 5) is 7.54. The first-order valence-corrected chi connectivity index (χ1v) is 8.01. The zero-order valence-electron chi connectivity index (χ0n) is 13.7. The maximum Gasteiger partial charge on any atom is 0.175 e. The number of tetrazole rings is 1. The van der Waals surface area contributed by atoms with E-state index in [0.29, 0.717) is 18.0 Å². The molecule has 116 valence electrons. The molecule has 6 nitrogen and oxygen atoms in total. The lowest BCUT2D eigenvalue weighted by Crippen LogP contribution is -2.50. The highest BCUT2D eigenvalue weighted by Crippen LogP contribution is 2.38. The van der Waals surface area contributed by atoms with E-state index in [1.165, 1.54) is 6.42 Å². The number of fused-ring (bicyclic) bond motifs is 3. The number of nitrogens with zero attached hydrogens (tertiary/aromatic N) is 6. The highest BCUT2D eigenvalue weighted by Gasteiger charge is 2.43. The van der Waals surface area contributed by atoms with E-state index in [9.17, 15) is 0 Å². The molecule has 0 bridgehead atoms. The summed E-state index contributed by atoms with van der Waals surface area (Å²) in [5, 5.41) is 12.4. The molecule has 0 aromatic carbocycles. The molecule has 0 spiro atoms. The van der Waals surface area contributed by atoms with Gasteiger partial charge in [0.1, 0.15) is 5.84 Å². The zero-order valence-corrected chi connectivity index (χ0v) is 13.7. The molecular formula is C15H26N6. The van der Waals surface area contributed by atoms with E-state index in [2.05, 4.69) is 55.0 Å². The number of aliphatic imine (C=N–C) groups is 1. The fourth-order valence-electron chi connectivity index (χ4n) is 3.45. The summed E-state index contributed by atoms with van der Waals surface area (Å²) in [7, 11) is 0. The molecule has 0 saturated carbocycles. The predicted molar refractivity (Wildman–Crippen MR) is 82.3 cm³/mol. The molecule has 3 rings (SSSR count). The zero-order chi connectivity index (χ0) is 15.2. The minimum atomic E-state index is -0.125. The van der Waals surface area contributed by atoms with E-state index in [0.717, 1.165) is 31.0 Å². The van der Waals surface area contributed by atoms with Gasteiger partial charge in [0.25, 0.3) is 0 Å². The van der Waals surface area contributed by atoms with Gasteiger partial charge in [0, 0.05) is 0 Å². The molecule has 1 fully saturated rings. The third-order valence-corrected chi connectivity index (χ3v) is 4.15. The molecule has 2 atom stereocenters. The average Bonchev–Trinajstić information content (AvgIpc) is 2.98. The first-order chi connectivity index (χ1) is 9.87. The summed E-state index contributed by atoms with van der Waals surface area (Å²) >= 11 is 0. The van der Waals surface area contributed by atoms with Gasteiger partial charge >= 0.3 is 0 Å². The van der Waals surface area contributed by atoms with Crippen molar-refractivity contribution in [3.05, 3.63) is 5.82 Å². The van der Waals surface area contributed by atoms with Crippen molar-refractivity contribution in [1.29, 1.82) is 0 Å². The Morgan fingerprint density at radius 2 is 2.10 bits per heavy atom. The fourth-order valence-corrected chi connectivity index (χ4v) is 3.45. The van der Waals surface area contributed by atoms with Crippen LogP contribution in [0.15, 0.2) is 4.99 Å². The van der Waals surface area contributed by atoms with Crippen molar-refractivity contribution in [3.63, 3.8) is 0 Å². The molecule has 0 N–H and O–H groups in total. The van der Waals surface area contributed by atoms with Gasteiger partial charge in [-0.2, -0.15) is 4.68 Å². The van der Waals surface area contributed by atoms with Crippen LogP contribution >= 0.6 is 0 Å². The van der Waals surface area contributed by atoms with Crippen molar-refractivity contribution in [2.24, 2.45) is 10.9 Å². The van der Waals surface area contributed by atoms with E-state index in [1.807, 2.05) is 4.68 Å². The second-order valence-corrected chi connectivity index (χ2v) is 7.63. The monoisotopic (exact) mass is 290 g/mol. The van der Waals surface area contributed by atoms with Crippen molar-refractivity contribution in [2.75, 3.05) is 6.54 Å². The summed E-state index contributed by atoms with van der Waals surface area (Å²) in [6.45, 7) is 12.1. The van der Waals surface area contributed by atoms with Crippen LogP contribution < -0.4 is 0 Å². The SMILES string of the molecule is CC(C)C[C@H]1C(=NC(C)(C)C)n2nnnc2[C@@H]2CCCN12. The largest absolute Gasteiger partial charge is 0.283 e. The summed E-state index contributed by atoms with van der Waals surface area (Å²) in [6.07, 6.45) is 3.47. The van der Waals surface area contributed by atoms with Gasteiger partial charge in [0.2, 0.25) is 0 Å². The molecule has 2 aliphatic heterocycles. The first kappa shape index (κ1) is 14.6. The van der Waals surface area contributed by atoms with Crippen molar-refractivity contribution in [1.82, 2.24) is 25.1 Å². The van der Waals surface area contributed by atoms with Crippen molar-refractivity contribution >= 4 is 5.84 Å². The van der Waals surface area contributed by atoms with Crippen LogP contribution in [0, 0.1) is 5.92 Å². The standard InChI is InChI=1S/C15H26N6/c1-10(2)9-12-13(16-15(3,4)5)21-14(17-18-19-21)11-7-6-8-20(11)12/h10-12H,6-9H2,1-5H3/t11-,12-/m0/s1. The van der Waals surface area contributed by atoms with Crippen LogP contribution in [-0.4, -0.2) is 49.1 Å². The van der Waals surface area contributed by atoms with E-state index in [1.54, 1.807) is 0 Å². The minimum Gasteiger partial charge on any atom is -0.283 e. The Bertz CT molecular complexity index is 539. The normalized spacial score (nSPS) is 28.2. The minimum absolute atomic E-state index is 0.125. The van der Waals surface area contributed by atoms with Crippen LogP contribution in [0.1, 0.15) is 65.7 Å². The van der Waals surface area contributed by atoms with E-state index in [4.69, 9.17) is 4.99 Å². The Kier molecular flexibility index (Phi) is 3.59. The molecule has 2 aliphatic rings. The van der Waals surface area contributed by atoms with Crippen molar-refractivity contribution in [3.8, 4) is 0 Å². The van der Waals surface area contributed by atoms with Gasteiger partial charge in [-0.05, 0) is 62.9 Å². The fraction of sp³-hybridized carbons (Fsp3) is 0.867. The maximum absolute atomic E-state index is 4.97. The summed E-state index contributed by atoms with van der Waals surface area (Å²) in [6, 6.07) is 0.690. The van der Waals surface area contributed by atoms with E-state index in [-0.39, 0.29) is 5.54 Å². The van der Waals surface area contributed by atoms with Crippen molar-refractivity contribution < 1.29 is 0 Å². The summed E-state index contributed by atoms with van der Waals surface area (Å²) in [5.74, 6) is 2.62. The predicted octanol–water partition coefficient (Wildman–Crippen LogP) is 2.28. The quantitative estimate of drug-likeness (QED) is 0.838. The second kappa shape index (κ2) is 5.16. The molecule has 0 aliphatic carbocycles. The summed E-state index contributed by atoms with van der Waals surface area (Å²) in [5.41, 5.74) is -0.125. The molecule has 1 aromatic heterocycles. The Morgan fingerprint density at radius 3 is 2.76 bits per heavy atom. The third-order valence-electron chi connectivity index (χ3n) is 4.15. The van der Waals surface area contributed by atoms with Gasteiger partial charge in [0.05, 0.1) is 17.6 Å². The molecule has 0 amide bonds. The van der Waals surface area contributed by atoms with Crippen LogP contribution in [0.2, 0.25) is 0 Å². The molecule has 1 saturated heterocycles.